The molecule has 1 aromatic heterocycles. The normalized spacial score (nSPS) is 12.1. The Kier molecular flexibility index (Phi) is 5.49. The Hall–Kier alpha value is -2.50. The summed E-state index contributed by atoms with van der Waals surface area (Å²) in [6.07, 6.45) is 0. The van der Waals surface area contributed by atoms with Crippen LogP contribution in [0.25, 0.3) is 11.3 Å². The molecule has 6 heteroatoms. The first-order valence-electron chi connectivity index (χ1n) is 7.94. The van der Waals surface area contributed by atoms with Gasteiger partial charge in [-0.15, -0.1) is 0 Å². The van der Waals surface area contributed by atoms with Crippen molar-refractivity contribution in [1.29, 1.82) is 0 Å². The van der Waals surface area contributed by atoms with Gasteiger partial charge in [-0.3, -0.25) is 9.48 Å². The second kappa shape index (κ2) is 7.38. The van der Waals surface area contributed by atoms with Crippen molar-refractivity contribution in [2.75, 3.05) is 14.2 Å². The Balaban J connectivity index is 2.33. The standard InChI is InChI=1S/C18H25N3O3/c1-11(2)12(3)19-18(22)16-10-15(20-21(16)4)14-8-7-13(23-5)9-17(14)24-6/h7-12H,1-6H3,(H,19,22)/t12-/m0/s1. The lowest BCUT2D eigenvalue weighted by molar-refractivity contribution is 0.0921. The van der Waals surface area contributed by atoms with Crippen LogP contribution in [-0.2, 0) is 7.05 Å². The number of methoxy groups -OCH3 is 2. The molecule has 24 heavy (non-hydrogen) atoms. The Bertz CT molecular complexity index is 722. The Morgan fingerprint density at radius 2 is 1.88 bits per heavy atom. The summed E-state index contributed by atoms with van der Waals surface area (Å²) in [5.41, 5.74) is 2.00. The maximum Gasteiger partial charge on any atom is 0.269 e. The van der Waals surface area contributed by atoms with Crippen molar-refractivity contribution in [3.8, 4) is 22.8 Å². The quantitative estimate of drug-likeness (QED) is 0.884. The smallest absolute Gasteiger partial charge is 0.269 e. The van der Waals surface area contributed by atoms with Crippen molar-refractivity contribution in [3.05, 3.63) is 30.0 Å². The van der Waals surface area contributed by atoms with Crippen molar-refractivity contribution in [1.82, 2.24) is 15.1 Å². The van der Waals surface area contributed by atoms with Crippen molar-refractivity contribution in [3.63, 3.8) is 0 Å². The molecule has 1 heterocycles. The van der Waals surface area contributed by atoms with Gasteiger partial charge in [0.05, 0.1) is 19.9 Å². The SMILES string of the molecule is COc1ccc(-c2cc(C(=O)N[C@@H](C)C(C)C)n(C)n2)c(OC)c1. The Labute approximate surface area is 142 Å². The minimum Gasteiger partial charge on any atom is -0.497 e. The molecule has 0 aliphatic carbocycles. The van der Waals surface area contributed by atoms with E-state index < -0.39 is 0 Å². The van der Waals surface area contributed by atoms with Gasteiger partial charge in [0.25, 0.3) is 5.91 Å². The molecule has 1 amide bonds. The number of carbonyl (C=O) groups is 1. The van der Waals surface area contributed by atoms with E-state index in [1.807, 2.05) is 19.1 Å². The molecule has 0 unspecified atom stereocenters. The first kappa shape index (κ1) is 17.8. The summed E-state index contributed by atoms with van der Waals surface area (Å²) < 4.78 is 12.2. The number of carbonyl (C=O) groups excluding carboxylic acids is 1. The Morgan fingerprint density at radius 3 is 2.46 bits per heavy atom. The highest BCUT2D eigenvalue weighted by atomic mass is 16.5. The van der Waals surface area contributed by atoms with E-state index in [9.17, 15) is 4.79 Å². The molecule has 1 atom stereocenters. The molecular formula is C18H25N3O3. The summed E-state index contributed by atoms with van der Waals surface area (Å²) in [5.74, 6) is 1.58. The lowest BCUT2D eigenvalue weighted by Gasteiger charge is -2.17. The van der Waals surface area contributed by atoms with Crippen LogP contribution in [0.15, 0.2) is 24.3 Å². The van der Waals surface area contributed by atoms with E-state index in [0.29, 0.717) is 28.8 Å². The largest absolute Gasteiger partial charge is 0.497 e. The summed E-state index contributed by atoms with van der Waals surface area (Å²) in [6.45, 7) is 6.13. The van der Waals surface area contributed by atoms with Crippen molar-refractivity contribution >= 4 is 5.91 Å². The van der Waals surface area contributed by atoms with Gasteiger partial charge in [-0.2, -0.15) is 5.10 Å². The molecule has 0 bridgehead atoms. The molecule has 2 aromatic rings. The number of hydrogen-bond acceptors (Lipinski definition) is 4. The van der Waals surface area contributed by atoms with Gasteiger partial charge in [-0.25, -0.2) is 0 Å². The average molecular weight is 331 g/mol. The van der Waals surface area contributed by atoms with E-state index in [4.69, 9.17) is 9.47 Å². The van der Waals surface area contributed by atoms with Crippen LogP contribution in [0.3, 0.4) is 0 Å². The fourth-order valence-corrected chi connectivity index (χ4v) is 2.27. The highest BCUT2D eigenvalue weighted by Crippen LogP contribution is 2.32. The van der Waals surface area contributed by atoms with E-state index in [1.165, 1.54) is 0 Å². The number of aromatic nitrogens is 2. The number of amides is 1. The van der Waals surface area contributed by atoms with Gasteiger partial charge in [0.1, 0.15) is 17.2 Å². The van der Waals surface area contributed by atoms with Gasteiger partial charge >= 0.3 is 0 Å². The first-order chi connectivity index (χ1) is 11.4. The zero-order chi connectivity index (χ0) is 17.9. The zero-order valence-corrected chi connectivity index (χ0v) is 15.1. The highest BCUT2D eigenvalue weighted by Gasteiger charge is 2.19. The van der Waals surface area contributed by atoms with Gasteiger partial charge in [0.15, 0.2) is 0 Å². The fourth-order valence-electron chi connectivity index (χ4n) is 2.27. The van der Waals surface area contributed by atoms with Crippen molar-refractivity contribution < 1.29 is 14.3 Å². The van der Waals surface area contributed by atoms with Crippen LogP contribution in [0.5, 0.6) is 11.5 Å². The van der Waals surface area contributed by atoms with Crippen LogP contribution in [0.1, 0.15) is 31.3 Å². The number of benzene rings is 1. The predicted molar refractivity (Wildman–Crippen MR) is 93.5 cm³/mol. The van der Waals surface area contributed by atoms with Crippen LogP contribution >= 0.6 is 0 Å². The third-order valence-electron chi connectivity index (χ3n) is 4.16. The van der Waals surface area contributed by atoms with E-state index in [1.54, 1.807) is 38.1 Å². The van der Waals surface area contributed by atoms with Crippen molar-refractivity contribution in [2.45, 2.75) is 26.8 Å². The minimum absolute atomic E-state index is 0.0892. The van der Waals surface area contributed by atoms with Crippen molar-refractivity contribution in [2.24, 2.45) is 13.0 Å². The summed E-state index contributed by atoms with van der Waals surface area (Å²) in [4.78, 5) is 12.5. The molecule has 0 aliphatic rings. The lowest BCUT2D eigenvalue weighted by Crippen LogP contribution is -2.37. The van der Waals surface area contributed by atoms with Crippen LogP contribution in [0, 0.1) is 5.92 Å². The van der Waals surface area contributed by atoms with Gasteiger partial charge in [0.2, 0.25) is 0 Å². The third kappa shape index (κ3) is 3.69. The van der Waals surface area contributed by atoms with E-state index in [0.717, 1.165) is 5.56 Å². The van der Waals surface area contributed by atoms with E-state index in [-0.39, 0.29) is 11.9 Å². The Morgan fingerprint density at radius 1 is 1.17 bits per heavy atom. The number of nitrogens with zero attached hydrogens (tertiary/aromatic N) is 2. The third-order valence-corrected chi connectivity index (χ3v) is 4.16. The molecule has 130 valence electrons. The zero-order valence-electron chi connectivity index (χ0n) is 15.1. The molecule has 0 spiro atoms. The van der Waals surface area contributed by atoms with E-state index in [2.05, 4.69) is 24.3 Å². The first-order valence-corrected chi connectivity index (χ1v) is 7.94. The molecule has 0 saturated heterocycles. The number of aryl methyl sites for hydroxylation is 1. The van der Waals surface area contributed by atoms with Crippen LogP contribution in [0.4, 0.5) is 0 Å². The molecule has 0 radical (unpaired) electrons. The second-order valence-corrected chi connectivity index (χ2v) is 6.11. The number of ether oxygens (including phenoxy) is 2. The summed E-state index contributed by atoms with van der Waals surface area (Å²) in [5, 5.41) is 7.45. The molecule has 0 saturated carbocycles. The molecule has 0 fully saturated rings. The lowest BCUT2D eigenvalue weighted by atomic mass is 10.1. The molecule has 6 nitrogen and oxygen atoms in total. The minimum atomic E-state index is -0.134. The number of rotatable bonds is 6. The summed E-state index contributed by atoms with van der Waals surface area (Å²) >= 11 is 0. The molecular weight excluding hydrogens is 306 g/mol. The molecule has 2 rings (SSSR count). The number of nitrogens with one attached hydrogen (secondary N) is 1. The summed E-state index contributed by atoms with van der Waals surface area (Å²) in [7, 11) is 4.96. The van der Waals surface area contributed by atoms with Gasteiger partial charge in [-0.05, 0) is 31.0 Å². The van der Waals surface area contributed by atoms with Gasteiger partial charge < -0.3 is 14.8 Å². The predicted octanol–water partition coefficient (Wildman–Crippen LogP) is 2.88. The van der Waals surface area contributed by atoms with Gasteiger partial charge in [0, 0.05) is 24.7 Å². The monoisotopic (exact) mass is 331 g/mol. The average Bonchev–Trinajstić information content (AvgIpc) is 2.95. The van der Waals surface area contributed by atoms with Crippen LogP contribution in [-0.4, -0.2) is 35.9 Å². The highest BCUT2D eigenvalue weighted by molar-refractivity contribution is 5.94. The van der Waals surface area contributed by atoms with E-state index >= 15 is 0 Å². The van der Waals surface area contributed by atoms with Gasteiger partial charge in [-0.1, -0.05) is 13.8 Å². The van der Waals surface area contributed by atoms with Crippen LogP contribution < -0.4 is 14.8 Å². The molecule has 1 aromatic carbocycles. The second-order valence-electron chi connectivity index (χ2n) is 6.11. The summed E-state index contributed by atoms with van der Waals surface area (Å²) in [6, 6.07) is 7.37. The fraction of sp³-hybridized carbons (Fsp3) is 0.444. The maximum atomic E-state index is 12.5. The van der Waals surface area contributed by atoms with Crippen LogP contribution in [0.2, 0.25) is 0 Å². The molecule has 0 aliphatic heterocycles. The molecule has 1 N–H and O–H groups in total. The topological polar surface area (TPSA) is 65.4 Å². The number of hydrogen-bond donors (Lipinski definition) is 1. The maximum absolute atomic E-state index is 12.5.